The maximum absolute atomic E-state index is 14.1. The van der Waals surface area contributed by atoms with Crippen molar-refractivity contribution in [2.45, 2.75) is 64.8 Å². The van der Waals surface area contributed by atoms with E-state index in [-0.39, 0.29) is 41.9 Å². The normalized spacial score (nSPS) is 22.2. The molecule has 2 aromatic rings. The molecule has 0 spiro atoms. The predicted molar refractivity (Wildman–Crippen MR) is 158 cm³/mol. The number of aliphatic hydroxyl groups is 1. The Bertz CT molecular complexity index is 1190. The number of amides is 1. The minimum Gasteiger partial charge on any atom is -0.490 e. The molecular weight excluding hydrogens is 530 g/mol. The second kappa shape index (κ2) is 14.8. The summed E-state index contributed by atoms with van der Waals surface area (Å²) >= 11 is 0. The molecule has 1 heterocycles. The van der Waals surface area contributed by atoms with Crippen LogP contribution in [0, 0.1) is 5.92 Å². The Morgan fingerprint density at radius 2 is 1.88 bits per heavy atom. The molecule has 4 atom stereocenters. The maximum Gasteiger partial charge on any atom is 0.258 e. The van der Waals surface area contributed by atoms with Crippen LogP contribution < -0.4 is 9.46 Å². The van der Waals surface area contributed by atoms with Crippen molar-refractivity contribution in [1.82, 2.24) is 9.80 Å². The molecule has 0 radical (unpaired) electrons. The van der Waals surface area contributed by atoms with Crippen LogP contribution in [0.3, 0.4) is 0 Å². The van der Waals surface area contributed by atoms with Gasteiger partial charge in [-0.1, -0.05) is 37.3 Å². The fourth-order valence-electron chi connectivity index (χ4n) is 4.93. The van der Waals surface area contributed by atoms with E-state index in [2.05, 4.69) is 35.7 Å². The Hall–Kier alpha value is -2.66. The van der Waals surface area contributed by atoms with Crippen LogP contribution in [0.15, 0.2) is 48.5 Å². The highest BCUT2D eigenvalue weighted by Crippen LogP contribution is 2.29. The van der Waals surface area contributed by atoms with Crippen LogP contribution in [0.25, 0.3) is 0 Å². The van der Waals surface area contributed by atoms with Gasteiger partial charge in [0, 0.05) is 37.8 Å². The summed E-state index contributed by atoms with van der Waals surface area (Å²) in [6, 6.07) is 14.5. The molecule has 222 valence electrons. The minimum atomic E-state index is -3.54. The molecule has 3 rings (SSSR count). The molecule has 0 saturated heterocycles. The molecule has 40 heavy (non-hydrogen) atoms. The van der Waals surface area contributed by atoms with Gasteiger partial charge < -0.3 is 19.5 Å². The third-order valence-electron chi connectivity index (χ3n) is 7.14. The van der Waals surface area contributed by atoms with Gasteiger partial charge in [0.15, 0.2) is 0 Å². The number of ether oxygens (including phenoxy) is 2. The van der Waals surface area contributed by atoms with Gasteiger partial charge in [-0.05, 0) is 63.9 Å². The van der Waals surface area contributed by atoms with Crippen molar-refractivity contribution in [2.24, 2.45) is 5.92 Å². The second-order valence-electron chi connectivity index (χ2n) is 11.1. The Kier molecular flexibility index (Phi) is 11.8. The van der Waals surface area contributed by atoms with Gasteiger partial charge in [-0.25, -0.2) is 8.42 Å². The topological polar surface area (TPSA) is 108 Å². The van der Waals surface area contributed by atoms with Crippen molar-refractivity contribution in [3.8, 4) is 5.75 Å². The number of hydrogen-bond acceptors (Lipinski definition) is 7. The highest BCUT2D eigenvalue weighted by molar-refractivity contribution is 7.92. The number of likely N-dealkylation sites (N-methyl/N-ethyl adjacent to an activating group) is 1. The van der Waals surface area contributed by atoms with E-state index in [1.54, 1.807) is 24.0 Å². The summed E-state index contributed by atoms with van der Waals surface area (Å²) in [7, 11) is -1.47. The van der Waals surface area contributed by atoms with E-state index in [4.69, 9.17) is 9.47 Å². The third-order valence-corrected chi connectivity index (χ3v) is 7.75. The number of aliphatic hydroxyl groups excluding tert-OH is 1. The molecule has 0 unspecified atom stereocenters. The monoisotopic (exact) mass is 575 g/mol. The lowest BCUT2D eigenvalue weighted by Gasteiger charge is -2.36. The van der Waals surface area contributed by atoms with Gasteiger partial charge in [-0.15, -0.1) is 0 Å². The first-order valence-corrected chi connectivity index (χ1v) is 15.9. The zero-order chi connectivity index (χ0) is 29.3. The first kappa shape index (κ1) is 31.9. The highest BCUT2D eigenvalue weighted by atomic mass is 32.2. The van der Waals surface area contributed by atoms with Crippen LogP contribution in [0.2, 0.25) is 0 Å². The number of benzene rings is 2. The number of rotatable bonds is 8. The molecule has 0 saturated carbocycles. The van der Waals surface area contributed by atoms with Crippen LogP contribution in [0.4, 0.5) is 5.69 Å². The fraction of sp³-hybridized carbons (Fsp3) is 0.567. The number of anilines is 1. The summed E-state index contributed by atoms with van der Waals surface area (Å²) in [4.78, 5) is 17.9. The van der Waals surface area contributed by atoms with Gasteiger partial charge in [0.05, 0.1) is 36.7 Å². The standard InChI is InChI=1S/C30H45N3O6S/c1-22-18-33(23(2)21-34)30(35)27-17-26(31-40(5,36)37)14-15-28(27)39-24(3)11-9-10-16-38-29(22)20-32(4)19-25-12-7-6-8-13-25/h6-8,12-15,17,22-24,29,31,34H,9-11,16,18-21H2,1-5H3/t22-,23-,24+,29+/m0/s1. The molecule has 0 fully saturated rings. The molecular formula is C30H45N3O6S. The number of fused-ring (bicyclic) bond motifs is 1. The smallest absolute Gasteiger partial charge is 0.258 e. The molecule has 2 aromatic carbocycles. The van der Waals surface area contributed by atoms with E-state index in [1.165, 1.54) is 11.6 Å². The quantitative estimate of drug-likeness (QED) is 0.490. The van der Waals surface area contributed by atoms with Crippen LogP contribution in [-0.2, 0) is 21.3 Å². The molecule has 1 aliphatic rings. The maximum atomic E-state index is 14.1. The second-order valence-corrected chi connectivity index (χ2v) is 12.8. The van der Waals surface area contributed by atoms with E-state index >= 15 is 0 Å². The molecule has 0 aliphatic carbocycles. The molecule has 9 nitrogen and oxygen atoms in total. The number of nitrogens with one attached hydrogen (secondary N) is 1. The van der Waals surface area contributed by atoms with Crippen molar-refractivity contribution in [3.05, 3.63) is 59.7 Å². The largest absolute Gasteiger partial charge is 0.490 e. The highest BCUT2D eigenvalue weighted by Gasteiger charge is 2.30. The average Bonchev–Trinajstić information content (AvgIpc) is 2.90. The van der Waals surface area contributed by atoms with Crippen LogP contribution in [0.1, 0.15) is 56.0 Å². The van der Waals surface area contributed by atoms with Gasteiger partial charge in [0.1, 0.15) is 5.75 Å². The van der Waals surface area contributed by atoms with E-state index < -0.39 is 16.1 Å². The van der Waals surface area contributed by atoms with Crippen molar-refractivity contribution in [2.75, 3.05) is 44.3 Å². The fourth-order valence-corrected chi connectivity index (χ4v) is 5.48. The minimum absolute atomic E-state index is 0.0419. The third kappa shape index (κ3) is 9.76. The first-order chi connectivity index (χ1) is 19.0. The predicted octanol–water partition coefficient (Wildman–Crippen LogP) is 3.99. The van der Waals surface area contributed by atoms with Gasteiger partial charge in [0.2, 0.25) is 10.0 Å². The van der Waals surface area contributed by atoms with Crippen molar-refractivity contribution in [1.29, 1.82) is 0 Å². The summed E-state index contributed by atoms with van der Waals surface area (Å²) < 4.78 is 38.8. The van der Waals surface area contributed by atoms with Crippen molar-refractivity contribution >= 4 is 21.6 Å². The van der Waals surface area contributed by atoms with E-state index in [9.17, 15) is 18.3 Å². The van der Waals surface area contributed by atoms with Crippen molar-refractivity contribution < 1.29 is 27.8 Å². The summed E-state index contributed by atoms with van der Waals surface area (Å²) in [5, 5.41) is 10.1. The van der Waals surface area contributed by atoms with Crippen LogP contribution >= 0.6 is 0 Å². The molecule has 10 heteroatoms. The number of carbonyl (C=O) groups is 1. The first-order valence-electron chi connectivity index (χ1n) is 14.0. The SMILES string of the molecule is C[C@@H]1CCCCO[C@H](CN(C)Cc2ccccc2)[C@@H](C)CN([C@@H](C)CO)C(=O)c2cc(NS(C)(=O)=O)ccc2O1. The van der Waals surface area contributed by atoms with Gasteiger partial charge in [0.25, 0.3) is 5.91 Å². The molecule has 1 aliphatic heterocycles. The lowest BCUT2D eigenvalue weighted by molar-refractivity contribution is -0.0177. The lowest BCUT2D eigenvalue weighted by atomic mass is 10.0. The number of sulfonamides is 1. The van der Waals surface area contributed by atoms with Crippen LogP contribution in [0.5, 0.6) is 5.75 Å². The summed E-state index contributed by atoms with van der Waals surface area (Å²) in [6.45, 7) is 8.04. The Morgan fingerprint density at radius 3 is 2.55 bits per heavy atom. The number of carbonyl (C=O) groups excluding carboxylic acids is 1. The zero-order valence-corrected chi connectivity index (χ0v) is 25.2. The van der Waals surface area contributed by atoms with Crippen molar-refractivity contribution in [3.63, 3.8) is 0 Å². The number of nitrogens with zero attached hydrogens (tertiary/aromatic N) is 2. The molecule has 0 bridgehead atoms. The lowest BCUT2D eigenvalue weighted by Crippen LogP contribution is -2.47. The Morgan fingerprint density at radius 1 is 1.15 bits per heavy atom. The van der Waals surface area contributed by atoms with E-state index in [0.29, 0.717) is 25.4 Å². The summed E-state index contributed by atoms with van der Waals surface area (Å²) in [6.07, 6.45) is 3.36. The Balaban J connectivity index is 1.92. The van der Waals surface area contributed by atoms with Gasteiger partial charge in [-0.3, -0.25) is 14.4 Å². The Labute approximate surface area is 239 Å². The molecule has 0 aromatic heterocycles. The van der Waals surface area contributed by atoms with Gasteiger partial charge in [-0.2, -0.15) is 0 Å². The molecule has 1 amide bonds. The van der Waals surface area contributed by atoms with E-state index in [0.717, 1.165) is 32.1 Å². The number of hydrogen-bond donors (Lipinski definition) is 2. The average molecular weight is 576 g/mol. The summed E-state index contributed by atoms with van der Waals surface area (Å²) in [5.74, 6) is 0.0210. The molecule has 2 N–H and O–H groups in total. The van der Waals surface area contributed by atoms with Gasteiger partial charge >= 0.3 is 0 Å². The summed E-state index contributed by atoms with van der Waals surface area (Å²) in [5.41, 5.74) is 1.75. The van der Waals surface area contributed by atoms with Crippen LogP contribution in [-0.4, -0.2) is 87.1 Å². The zero-order valence-electron chi connectivity index (χ0n) is 24.4. The van der Waals surface area contributed by atoms with E-state index in [1.807, 2.05) is 25.1 Å².